The first kappa shape index (κ1) is 18.0. The van der Waals surface area contributed by atoms with Crippen molar-refractivity contribution in [3.8, 4) is 5.88 Å². The van der Waals surface area contributed by atoms with E-state index < -0.39 is 29.0 Å². The van der Waals surface area contributed by atoms with E-state index in [1.54, 1.807) is 27.8 Å². The number of hydrogen-bond donors (Lipinski definition) is 0. The molecule has 0 amide bonds. The summed E-state index contributed by atoms with van der Waals surface area (Å²) in [5, 5.41) is 0. The molecule has 0 aliphatic carbocycles. The predicted octanol–water partition coefficient (Wildman–Crippen LogP) is 4.58. The van der Waals surface area contributed by atoms with Crippen molar-refractivity contribution in [2.24, 2.45) is 0 Å². The molecule has 1 aromatic carbocycles. The van der Waals surface area contributed by atoms with Crippen LogP contribution in [0.2, 0.25) is 0 Å². The molecule has 4 nitrogen and oxygen atoms in total. The molecule has 0 unspecified atom stereocenters. The van der Waals surface area contributed by atoms with Crippen LogP contribution in [-0.2, 0) is 6.18 Å². The maximum Gasteiger partial charge on any atom is 0.423 e. The van der Waals surface area contributed by atoms with Crippen LogP contribution in [0.15, 0.2) is 30.5 Å². The Morgan fingerprint density at radius 2 is 1.62 bits per heavy atom. The van der Waals surface area contributed by atoms with E-state index in [1.807, 2.05) is 0 Å². The first-order valence-corrected chi connectivity index (χ1v) is 7.10. The van der Waals surface area contributed by atoms with E-state index in [0.29, 0.717) is 11.9 Å². The fraction of sp³-hybridized carbons (Fsp3) is 0.375. The van der Waals surface area contributed by atoms with Gasteiger partial charge in [-0.3, -0.25) is 0 Å². The van der Waals surface area contributed by atoms with Gasteiger partial charge < -0.3 is 9.64 Å². The molecule has 2 rings (SSSR count). The van der Waals surface area contributed by atoms with Crippen molar-refractivity contribution in [1.29, 1.82) is 0 Å². The van der Waals surface area contributed by atoms with E-state index in [0.717, 1.165) is 0 Å². The summed E-state index contributed by atoms with van der Waals surface area (Å²) in [7, 11) is 1.57. The third kappa shape index (κ3) is 4.33. The van der Waals surface area contributed by atoms with Crippen LogP contribution in [0.1, 0.15) is 26.3 Å². The molecular formula is C16H17F4N3O. The van der Waals surface area contributed by atoms with E-state index in [9.17, 15) is 17.6 Å². The molecule has 130 valence electrons. The molecular weight excluding hydrogens is 326 g/mol. The van der Waals surface area contributed by atoms with Crippen LogP contribution in [0.5, 0.6) is 5.88 Å². The molecule has 0 atom stereocenters. The van der Waals surface area contributed by atoms with E-state index in [2.05, 4.69) is 9.97 Å². The summed E-state index contributed by atoms with van der Waals surface area (Å²) in [5.41, 5.74) is -1.38. The molecule has 0 saturated carbocycles. The molecule has 1 heterocycles. The maximum atomic E-state index is 13.1. The van der Waals surface area contributed by atoms with Crippen molar-refractivity contribution in [3.05, 3.63) is 41.8 Å². The van der Waals surface area contributed by atoms with E-state index in [-0.39, 0.29) is 5.95 Å². The number of halogens is 4. The largest absolute Gasteiger partial charge is 0.471 e. The zero-order chi connectivity index (χ0) is 18.1. The van der Waals surface area contributed by atoms with Gasteiger partial charge in [-0.05, 0) is 45.0 Å². The highest BCUT2D eigenvalue weighted by molar-refractivity contribution is 5.56. The molecule has 0 N–H and O–H groups in total. The number of benzene rings is 1. The van der Waals surface area contributed by atoms with Gasteiger partial charge in [0.15, 0.2) is 0 Å². The van der Waals surface area contributed by atoms with Gasteiger partial charge in [0.2, 0.25) is 11.8 Å². The highest BCUT2D eigenvalue weighted by Gasteiger charge is 2.37. The zero-order valence-corrected chi connectivity index (χ0v) is 13.6. The summed E-state index contributed by atoms with van der Waals surface area (Å²) in [5.74, 6) is -0.958. The van der Waals surface area contributed by atoms with Crippen molar-refractivity contribution < 1.29 is 22.3 Å². The lowest BCUT2D eigenvalue weighted by molar-refractivity contribution is -0.140. The topological polar surface area (TPSA) is 38.2 Å². The molecule has 0 bridgehead atoms. The summed E-state index contributed by atoms with van der Waals surface area (Å²) in [6.07, 6.45) is -3.95. The third-order valence-corrected chi connectivity index (χ3v) is 2.96. The Labute approximate surface area is 137 Å². The van der Waals surface area contributed by atoms with Crippen molar-refractivity contribution in [2.45, 2.75) is 32.5 Å². The highest BCUT2D eigenvalue weighted by Crippen LogP contribution is 2.37. The maximum absolute atomic E-state index is 13.1. The van der Waals surface area contributed by atoms with E-state index in [1.165, 1.54) is 29.2 Å². The van der Waals surface area contributed by atoms with Crippen LogP contribution in [0.25, 0.3) is 0 Å². The van der Waals surface area contributed by atoms with Crippen LogP contribution < -0.4 is 9.64 Å². The average molecular weight is 343 g/mol. The zero-order valence-electron chi connectivity index (χ0n) is 13.6. The summed E-state index contributed by atoms with van der Waals surface area (Å²) < 4.78 is 57.7. The number of anilines is 2. The first-order chi connectivity index (χ1) is 11.0. The Morgan fingerprint density at radius 3 is 2.12 bits per heavy atom. The fourth-order valence-electron chi connectivity index (χ4n) is 1.86. The molecule has 0 spiro atoms. The van der Waals surface area contributed by atoms with Gasteiger partial charge in [0.05, 0.1) is 0 Å². The molecule has 0 fully saturated rings. The van der Waals surface area contributed by atoms with E-state index >= 15 is 0 Å². The standard InChI is InChI=1S/C16H17F4N3O/c1-15(2,3)24-13-12(16(18,19)20)9-21-14(22-13)23(4)11-7-5-10(17)6-8-11/h5-9H,1-4H3. The quantitative estimate of drug-likeness (QED) is 0.765. The molecule has 2 aromatic rings. The lowest BCUT2D eigenvalue weighted by Gasteiger charge is -2.24. The smallest absolute Gasteiger partial charge is 0.423 e. The second-order valence-corrected chi connectivity index (χ2v) is 6.14. The van der Waals surface area contributed by atoms with Crippen LogP contribution in [0, 0.1) is 5.82 Å². The lowest BCUT2D eigenvalue weighted by atomic mass is 10.2. The number of rotatable bonds is 3. The second-order valence-electron chi connectivity index (χ2n) is 6.14. The minimum absolute atomic E-state index is 0.00820. The van der Waals surface area contributed by atoms with Crippen LogP contribution in [-0.4, -0.2) is 22.6 Å². The summed E-state index contributed by atoms with van der Waals surface area (Å²) in [6, 6.07) is 5.42. The molecule has 8 heteroatoms. The van der Waals surface area contributed by atoms with Crippen LogP contribution >= 0.6 is 0 Å². The molecule has 0 aliphatic heterocycles. The third-order valence-electron chi connectivity index (χ3n) is 2.96. The van der Waals surface area contributed by atoms with Crippen molar-refractivity contribution >= 4 is 11.6 Å². The second kappa shape index (κ2) is 6.26. The van der Waals surface area contributed by atoms with Gasteiger partial charge in [-0.1, -0.05) is 0 Å². The van der Waals surface area contributed by atoms with Gasteiger partial charge in [-0.15, -0.1) is 0 Å². The number of nitrogens with zero attached hydrogens (tertiary/aromatic N) is 3. The lowest BCUT2D eigenvalue weighted by Crippen LogP contribution is -2.26. The normalized spacial score (nSPS) is 12.2. The van der Waals surface area contributed by atoms with Crippen molar-refractivity contribution in [1.82, 2.24) is 9.97 Å². The van der Waals surface area contributed by atoms with Crippen LogP contribution in [0.4, 0.5) is 29.2 Å². The van der Waals surface area contributed by atoms with Crippen molar-refractivity contribution in [3.63, 3.8) is 0 Å². The molecule has 1 aromatic heterocycles. The molecule has 0 radical (unpaired) electrons. The molecule has 0 aliphatic rings. The number of hydrogen-bond acceptors (Lipinski definition) is 4. The van der Waals surface area contributed by atoms with Gasteiger partial charge in [-0.25, -0.2) is 9.37 Å². The van der Waals surface area contributed by atoms with E-state index in [4.69, 9.17) is 4.74 Å². The molecule has 0 saturated heterocycles. The number of ether oxygens (including phenoxy) is 1. The molecule has 24 heavy (non-hydrogen) atoms. The SMILES string of the molecule is CN(c1ccc(F)cc1)c1ncc(C(F)(F)F)c(OC(C)(C)C)n1. The van der Waals surface area contributed by atoms with Gasteiger partial charge in [0.1, 0.15) is 17.0 Å². The Morgan fingerprint density at radius 1 is 1.04 bits per heavy atom. The highest BCUT2D eigenvalue weighted by atomic mass is 19.4. The fourth-order valence-corrected chi connectivity index (χ4v) is 1.86. The van der Waals surface area contributed by atoms with Gasteiger partial charge in [-0.2, -0.15) is 18.2 Å². The van der Waals surface area contributed by atoms with Gasteiger partial charge >= 0.3 is 6.18 Å². The average Bonchev–Trinajstić information content (AvgIpc) is 2.44. The van der Waals surface area contributed by atoms with Gasteiger partial charge in [0.25, 0.3) is 0 Å². The Balaban J connectivity index is 2.45. The summed E-state index contributed by atoms with van der Waals surface area (Å²) in [4.78, 5) is 9.10. The summed E-state index contributed by atoms with van der Waals surface area (Å²) in [6.45, 7) is 4.87. The number of aromatic nitrogens is 2. The first-order valence-electron chi connectivity index (χ1n) is 7.10. The number of alkyl halides is 3. The van der Waals surface area contributed by atoms with Crippen LogP contribution in [0.3, 0.4) is 0 Å². The summed E-state index contributed by atoms with van der Waals surface area (Å²) >= 11 is 0. The van der Waals surface area contributed by atoms with Gasteiger partial charge in [0, 0.05) is 18.9 Å². The minimum Gasteiger partial charge on any atom is -0.471 e. The Hall–Kier alpha value is -2.38. The Bertz CT molecular complexity index is 709. The predicted molar refractivity (Wildman–Crippen MR) is 81.9 cm³/mol. The minimum atomic E-state index is -4.63. The van der Waals surface area contributed by atoms with Crippen molar-refractivity contribution in [2.75, 3.05) is 11.9 Å². The Kier molecular flexibility index (Phi) is 4.68. The monoisotopic (exact) mass is 343 g/mol.